The van der Waals surface area contributed by atoms with Crippen molar-refractivity contribution in [2.45, 2.75) is 6.61 Å². The second-order valence-electron chi connectivity index (χ2n) is 4.10. The molecule has 0 aliphatic rings. The molecule has 2 rings (SSSR count). The minimum Gasteiger partial charge on any atom is -0.467 e. The molecule has 0 spiro atoms. The maximum Gasteiger partial charge on any atom is 0.189 e. The van der Waals surface area contributed by atoms with Gasteiger partial charge < -0.3 is 19.3 Å². The Bertz CT molecular complexity index is 525. The van der Waals surface area contributed by atoms with Crippen LogP contribution in [0.25, 0.3) is 10.8 Å². The molecule has 1 N–H and O–H groups in total. The monoisotopic (exact) mass is 262 g/mol. The number of hydrogen-bond donors (Lipinski definition) is 1. The molecule has 0 unspecified atom stereocenters. The quantitative estimate of drug-likeness (QED) is 0.614. The van der Waals surface area contributed by atoms with Crippen LogP contribution in [0.1, 0.15) is 5.56 Å². The van der Waals surface area contributed by atoms with Crippen molar-refractivity contribution in [3.05, 3.63) is 42.0 Å². The van der Waals surface area contributed by atoms with E-state index in [9.17, 15) is 5.11 Å². The van der Waals surface area contributed by atoms with Crippen molar-refractivity contribution >= 4 is 10.8 Å². The van der Waals surface area contributed by atoms with Crippen molar-refractivity contribution in [2.75, 3.05) is 27.1 Å². The summed E-state index contributed by atoms with van der Waals surface area (Å²) in [5, 5.41) is 11.4. The molecule has 0 amide bonds. The molecule has 0 aliphatic heterocycles. The Labute approximate surface area is 112 Å². The third kappa shape index (κ3) is 3.44. The lowest BCUT2D eigenvalue weighted by molar-refractivity contribution is -0.00856. The van der Waals surface area contributed by atoms with E-state index in [0.717, 1.165) is 16.3 Å². The molecule has 0 bridgehead atoms. The van der Waals surface area contributed by atoms with Gasteiger partial charge in [0.15, 0.2) is 6.79 Å². The number of fused-ring (bicyclic) bond motifs is 1. The summed E-state index contributed by atoms with van der Waals surface area (Å²) in [6.07, 6.45) is 0. The van der Waals surface area contributed by atoms with Crippen LogP contribution < -0.4 is 4.74 Å². The molecule has 0 fully saturated rings. The molecule has 0 saturated carbocycles. The third-order valence-corrected chi connectivity index (χ3v) is 2.85. The first-order chi connectivity index (χ1) is 9.36. The minimum atomic E-state index is -0.0573. The largest absolute Gasteiger partial charge is 0.467 e. The molecule has 0 heterocycles. The number of benzene rings is 2. The SMILES string of the molecule is COCCOCOc1c(CO)ccc2ccccc12. The second kappa shape index (κ2) is 7.09. The first-order valence-corrected chi connectivity index (χ1v) is 6.17. The van der Waals surface area contributed by atoms with E-state index < -0.39 is 0 Å². The van der Waals surface area contributed by atoms with Gasteiger partial charge in [-0.1, -0.05) is 36.4 Å². The van der Waals surface area contributed by atoms with E-state index >= 15 is 0 Å². The van der Waals surface area contributed by atoms with Crippen molar-refractivity contribution in [3.8, 4) is 5.75 Å². The molecule has 0 radical (unpaired) electrons. The predicted molar refractivity (Wildman–Crippen MR) is 73.2 cm³/mol. The number of aliphatic hydroxyl groups excluding tert-OH is 1. The first kappa shape index (κ1) is 13.8. The second-order valence-corrected chi connectivity index (χ2v) is 4.10. The van der Waals surface area contributed by atoms with Gasteiger partial charge in [-0.25, -0.2) is 0 Å². The highest BCUT2D eigenvalue weighted by atomic mass is 16.7. The standard InChI is InChI=1S/C15H18O4/c1-17-8-9-18-11-19-15-13(10-16)7-6-12-4-2-3-5-14(12)15/h2-7,16H,8-11H2,1H3. The lowest BCUT2D eigenvalue weighted by atomic mass is 10.1. The maximum absolute atomic E-state index is 9.38. The molecule has 2 aromatic rings. The lowest BCUT2D eigenvalue weighted by Gasteiger charge is -2.13. The number of hydrogen-bond acceptors (Lipinski definition) is 4. The Balaban J connectivity index is 2.14. The van der Waals surface area contributed by atoms with Gasteiger partial charge in [-0.2, -0.15) is 0 Å². The molecular weight excluding hydrogens is 244 g/mol. The fourth-order valence-electron chi connectivity index (χ4n) is 1.88. The Kier molecular flexibility index (Phi) is 5.15. The zero-order chi connectivity index (χ0) is 13.5. The van der Waals surface area contributed by atoms with E-state index in [2.05, 4.69) is 0 Å². The van der Waals surface area contributed by atoms with E-state index in [0.29, 0.717) is 19.0 Å². The fraction of sp³-hybridized carbons (Fsp3) is 0.333. The van der Waals surface area contributed by atoms with E-state index in [1.54, 1.807) is 7.11 Å². The van der Waals surface area contributed by atoms with Crippen LogP contribution in [0.2, 0.25) is 0 Å². The van der Waals surface area contributed by atoms with Crippen LogP contribution in [-0.2, 0) is 16.1 Å². The van der Waals surface area contributed by atoms with Crippen molar-refractivity contribution in [1.82, 2.24) is 0 Å². The smallest absolute Gasteiger partial charge is 0.189 e. The fourth-order valence-corrected chi connectivity index (χ4v) is 1.88. The molecular formula is C15H18O4. The number of rotatable bonds is 7. The highest BCUT2D eigenvalue weighted by Crippen LogP contribution is 2.29. The summed E-state index contributed by atoms with van der Waals surface area (Å²) in [7, 11) is 1.62. The van der Waals surface area contributed by atoms with Crippen molar-refractivity contribution < 1.29 is 19.3 Å². The predicted octanol–water partition coefficient (Wildman–Crippen LogP) is 2.33. The van der Waals surface area contributed by atoms with Crippen LogP contribution in [-0.4, -0.2) is 32.2 Å². The van der Waals surface area contributed by atoms with Gasteiger partial charge >= 0.3 is 0 Å². The average Bonchev–Trinajstić information content (AvgIpc) is 2.47. The Morgan fingerprint density at radius 1 is 1.05 bits per heavy atom. The maximum atomic E-state index is 9.38. The van der Waals surface area contributed by atoms with E-state index in [1.165, 1.54) is 0 Å². The van der Waals surface area contributed by atoms with E-state index in [4.69, 9.17) is 14.2 Å². The molecule has 19 heavy (non-hydrogen) atoms. The molecule has 0 saturated heterocycles. The van der Waals surface area contributed by atoms with Crippen LogP contribution in [0.3, 0.4) is 0 Å². The number of ether oxygens (including phenoxy) is 3. The Morgan fingerprint density at radius 2 is 1.89 bits per heavy atom. The average molecular weight is 262 g/mol. The minimum absolute atomic E-state index is 0.0573. The highest BCUT2D eigenvalue weighted by molar-refractivity contribution is 5.89. The van der Waals surface area contributed by atoms with Gasteiger partial charge in [0.1, 0.15) is 5.75 Å². The highest BCUT2D eigenvalue weighted by Gasteiger charge is 2.08. The zero-order valence-corrected chi connectivity index (χ0v) is 11.0. The summed E-state index contributed by atoms with van der Waals surface area (Å²) in [6.45, 7) is 1.10. The van der Waals surface area contributed by atoms with E-state index in [-0.39, 0.29) is 13.4 Å². The zero-order valence-electron chi connectivity index (χ0n) is 11.0. The van der Waals surface area contributed by atoms with Crippen LogP contribution in [0, 0.1) is 0 Å². The normalized spacial score (nSPS) is 10.8. The summed E-state index contributed by atoms with van der Waals surface area (Å²) >= 11 is 0. The summed E-state index contributed by atoms with van der Waals surface area (Å²) in [5.41, 5.74) is 0.758. The molecule has 4 nitrogen and oxygen atoms in total. The van der Waals surface area contributed by atoms with Gasteiger partial charge in [-0.15, -0.1) is 0 Å². The summed E-state index contributed by atoms with van der Waals surface area (Å²) in [5.74, 6) is 0.679. The van der Waals surface area contributed by atoms with Gasteiger partial charge in [0.2, 0.25) is 0 Å². The van der Waals surface area contributed by atoms with Crippen molar-refractivity contribution in [3.63, 3.8) is 0 Å². The van der Waals surface area contributed by atoms with E-state index in [1.807, 2.05) is 36.4 Å². The van der Waals surface area contributed by atoms with Gasteiger partial charge in [-0.3, -0.25) is 0 Å². The van der Waals surface area contributed by atoms with Gasteiger partial charge in [0, 0.05) is 18.1 Å². The summed E-state index contributed by atoms with van der Waals surface area (Å²) < 4.78 is 15.8. The number of methoxy groups -OCH3 is 1. The summed E-state index contributed by atoms with van der Waals surface area (Å²) in [4.78, 5) is 0. The first-order valence-electron chi connectivity index (χ1n) is 6.17. The summed E-state index contributed by atoms with van der Waals surface area (Å²) in [6, 6.07) is 11.7. The van der Waals surface area contributed by atoms with Crippen LogP contribution in [0.5, 0.6) is 5.75 Å². The Morgan fingerprint density at radius 3 is 2.68 bits per heavy atom. The Hall–Kier alpha value is -1.62. The molecule has 102 valence electrons. The van der Waals surface area contributed by atoms with Gasteiger partial charge in [0.05, 0.1) is 19.8 Å². The van der Waals surface area contributed by atoms with Gasteiger partial charge in [-0.05, 0) is 5.39 Å². The van der Waals surface area contributed by atoms with Crippen LogP contribution >= 0.6 is 0 Å². The lowest BCUT2D eigenvalue weighted by Crippen LogP contribution is -2.09. The van der Waals surface area contributed by atoms with Crippen LogP contribution in [0.4, 0.5) is 0 Å². The molecule has 0 aromatic heterocycles. The molecule has 0 atom stereocenters. The molecule has 0 aliphatic carbocycles. The third-order valence-electron chi connectivity index (χ3n) is 2.85. The topological polar surface area (TPSA) is 47.9 Å². The molecule has 2 aromatic carbocycles. The van der Waals surface area contributed by atoms with Gasteiger partial charge in [0.25, 0.3) is 0 Å². The van der Waals surface area contributed by atoms with Crippen molar-refractivity contribution in [1.29, 1.82) is 0 Å². The number of aliphatic hydroxyl groups is 1. The molecule has 4 heteroatoms. The van der Waals surface area contributed by atoms with Crippen LogP contribution in [0.15, 0.2) is 36.4 Å². The van der Waals surface area contributed by atoms with Crippen molar-refractivity contribution in [2.24, 2.45) is 0 Å².